The smallest absolute Gasteiger partial charge is 0.264 e. The van der Waals surface area contributed by atoms with E-state index in [9.17, 15) is 4.79 Å². The molecule has 3 aromatic rings. The van der Waals surface area contributed by atoms with E-state index in [-0.39, 0.29) is 5.91 Å². The van der Waals surface area contributed by atoms with Gasteiger partial charge in [0.05, 0.1) is 10.6 Å². The van der Waals surface area contributed by atoms with Crippen LogP contribution in [0.1, 0.15) is 16.9 Å². The predicted octanol–water partition coefficient (Wildman–Crippen LogP) is 6.22. The fraction of sp³-hybridized carbons (Fsp3) is 0.0909. The van der Waals surface area contributed by atoms with Crippen molar-refractivity contribution in [3.63, 3.8) is 0 Å². The molecule has 1 fully saturated rings. The zero-order chi connectivity index (χ0) is 19.7. The van der Waals surface area contributed by atoms with E-state index in [2.05, 4.69) is 26.2 Å². The van der Waals surface area contributed by atoms with Gasteiger partial charge in [-0.15, -0.1) is 0 Å². The van der Waals surface area contributed by atoms with Gasteiger partial charge in [0.25, 0.3) is 5.91 Å². The molecule has 28 heavy (non-hydrogen) atoms. The first-order chi connectivity index (χ1) is 13.5. The number of amides is 1. The van der Waals surface area contributed by atoms with Gasteiger partial charge >= 0.3 is 0 Å². The molecule has 1 aromatic heterocycles. The Balaban J connectivity index is 1.56. The summed E-state index contributed by atoms with van der Waals surface area (Å²) in [5.41, 5.74) is 4.11. The maximum Gasteiger partial charge on any atom is 0.264 e. The third-order valence-electron chi connectivity index (χ3n) is 4.48. The first kappa shape index (κ1) is 18.8. The van der Waals surface area contributed by atoms with Crippen LogP contribution in [0.2, 0.25) is 0 Å². The summed E-state index contributed by atoms with van der Waals surface area (Å²) in [7, 11) is 0. The van der Waals surface area contributed by atoms with Gasteiger partial charge in [0.2, 0.25) is 0 Å². The minimum Gasteiger partial charge on any atom is -0.457 e. The lowest BCUT2D eigenvalue weighted by Gasteiger charge is -2.04. The summed E-state index contributed by atoms with van der Waals surface area (Å²) in [6.07, 6.45) is 1.74. The highest BCUT2D eigenvalue weighted by molar-refractivity contribution is 9.10. The number of nitrogens with one attached hydrogen (secondary N) is 1. The summed E-state index contributed by atoms with van der Waals surface area (Å²) in [6, 6.07) is 17.6. The maximum absolute atomic E-state index is 12.3. The largest absolute Gasteiger partial charge is 0.457 e. The predicted molar refractivity (Wildman–Crippen MR) is 119 cm³/mol. The molecule has 4 rings (SSSR count). The number of carbonyl (C=O) groups excluding carboxylic acids is 1. The van der Waals surface area contributed by atoms with Gasteiger partial charge in [0.15, 0.2) is 5.17 Å². The van der Waals surface area contributed by atoms with Crippen LogP contribution >= 0.6 is 27.7 Å². The summed E-state index contributed by atoms with van der Waals surface area (Å²) in [4.78, 5) is 17.5. The Morgan fingerprint density at radius 3 is 2.64 bits per heavy atom. The average molecular weight is 453 g/mol. The Morgan fingerprint density at radius 1 is 1.07 bits per heavy atom. The zero-order valence-corrected chi connectivity index (χ0v) is 17.7. The molecule has 1 N–H and O–H groups in total. The normalized spacial score (nSPS) is 16.8. The van der Waals surface area contributed by atoms with Gasteiger partial charge in [-0.1, -0.05) is 40.2 Å². The molecular weight excluding hydrogens is 436 g/mol. The minimum absolute atomic E-state index is 0.171. The Labute approximate surface area is 175 Å². The molecule has 0 unspecified atom stereocenters. The van der Waals surface area contributed by atoms with Crippen molar-refractivity contribution >= 4 is 50.5 Å². The van der Waals surface area contributed by atoms with Crippen LogP contribution in [0.3, 0.4) is 0 Å². The number of carbonyl (C=O) groups is 1. The van der Waals surface area contributed by atoms with Gasteiger partial charge in [0.1, 0.15) is 11.5 Å². The molecule has 0 spiro atoms. The Morgan fingerprint density at radius 2 is 1.86 bits per heavy atom. The van der Waals surface area contributed by atoms with E-state index in [1.807, 2.05) is 68.4 Å². The topological polar surface area (TPSA) is 54.6 Å². The van der Waals surface area contributed by atoms with Crippen molar-refractivity contribution in [3.8, 4) is 11.3 Å². The quantitative estimate of drug-likeness (QED) is 0.480. The van der Waals surface area contributed by atoms with Gasteiger partial charge in [-0.2, -0.15) is 0 Å². The van der Waals surface area contributed by atoms with Crippen LogP contribution in [0.25, 0.3) is 17.4 Å². The summed E-state index contributed by atoms with van der Waals surface area (Å²) in [6.45, 7) is 4.07. The van der Waals surface area contributed by atoms with Gasteiger partial charge < -0.3 is 9.73 Å². The molecule has 2 heterocycles. The number of halogens is 1. The van der Waals surface area contributed by atoms with Gasteiger partial charge in [-0.25, -0.2) is 4.99 Å². The van der Waals surface area contributed by atoms with Crippen molar-refractivity contribution in [1.82, 2.24) is 5.32 Å². The second-order valence-corrected chi connectivity index (χ2v) is 8.36. The molecule has 2 aromatic carbocycles. The van der Waals surface area contributed by atoms with Crippen LogP contribution in [0.5, 0.6) is 0 Å². The summed E-state index contributed by atoms with van der Waals surface area (Å²) in [5.74, 6) is 1.21. The summed E-state index contributed by atoms with van der Waals surface area (Å²) in [5, 5.41) is 3.40. The van der Waals surface area contributed by atoms with Crippen LogP contribution < -0.4 is 5.32 Å². The standard InChI is InChI=1S/C22H17BrN2O2S/c1-13-4-3-5-18(14(13)2)24-22-25-21(26)20(28-22)12-17-10-11-19(27-17)15-6-8-16(23)9-7-15/h3-12H,1-2H3,(H,24,25,26). The molecule has 6 heteroatoms. The lowest BCUT2D eigenvalue weighted by atomic mass is 10.1. The third-order valence-corrected chi connectivity index (χ3v) is 5.92. The molecule has 0 bridgehead atoms. The van der Waals surface area contributed by atoms with E-state index >= 15 is 0 Å². The number of aryl methyl sites for hydroxylation is 1. The molecule has 0 atom stereocenters. The highest BCUT2D eigenvalue weighted by Gasteiger charge is 2.24. The molecule has 0 radical (unpaired) electrons. The molecular formula is C22H17BrN2O2S. The molecule has 1 aliphatic rings. The minimum atomic E-state index is -0.171. The van der Waals surface area contributed by atoms with Crippen molar-refractivity contribution in [1.29, 1.82) is 0 Å². The number of benzene rings is 2. The van der Waals surface area contributed by atoms with E-state index in [1.165, 1.54) is 17.3 Å². The fourth-order valence-electron chi connectivity index (χ4n) is 2.78. The van der Waals surface area contributed by atoms with E-state index in [4.69, 9.17) is 4.42 Å². The number of nitrogens with zero attached hydrogens (tertiary/aromatic N) is 1. The van der Waals surface area contributed by atoms with E-state index in [0.717, 1.165) is 27.0 Å². The van der Waals surface area contributed by atoms with Crippen molar-refractivity contribution < 1.29 is 9.21 Å². The van der Waals surface area contributed by atoms with Crippen LogP contribution in [0.15, 0.2) is 73.4 Å². The Hall–Kier alpha value is -2.57. The SMILES string of the molecule is Cc1cccc(N=C2NC(=O)C(=Cc3ccc(-c4ccc(Br)cc4)o3)S2)c1C. The van der Waals surface area contributed by atoms with Gasteiger partial charge in [0, 0.05) is 16.1 Å². The second-order valence-electron chi connectivity index (χ2n) is 6.41. The molecule has 140 valence electrons. The van der Waals surface area contributed by atoms with Crippen LogP contribution in [0.4, 0.5) is 5.69 Å². The van der Waals surface area contributed by atoms with E-state index in [1.54, 1.807) is 6.08 Å². The molecule has 1 amide bonds. The molecule has 0 aliphatic carbocycles. The van der Waals surface area contributed by atoms with Crippen molar-refractivity contribution in [2.75, 3.05) is 0 Å². The van der Waals surface area contributed by atoms with Crippen molar-refractivity contribution in [3.05, 3.63) is 80.9 Å². The molecule has 1 aliphatic heterocycles. The van der Waals surface area contributed by atoms with Crippen LogP contribution in [-0.4, -0.2) is 11.1 Å². The monoisotopic (exact) mass is 452 g/mol. The number of hydrogen-bond donors (Lipinski definition) is 1. The number of furan rings is 1. The number of rotatable bonds is 3. The van der Waals surface area contributed by atoms with Crippen molar-refractivity contribution in [2.24, 2.45) is 4.99 Å². The summed E-state index contributed by atoms with van der Waals surface area (Å²) >= 11 is 4.74. The first-order valence-electron chi connectivity index (χ1n) is 8.71. The number of amidine groups is 1. The average Bonchev–Trinajstić information content (AvgIpc) is 3.27. The van der Waals surface area contributed by atoms with Gasteiger partial charge in [-0.05, 0) is 67.1 Å². The lowest BCUT2D eigenvalue weighted by Crippen LogP contribution is -2.19. The van der Waals surface area contributed by atoms with Crippen molar-refractivity contribution in [2.45, 2.75) is 13.8 Å². The van der Waals surface area contributed by atoms with E-state index in [0.29, 0.717) is 15.8 Å². The second kappa shape index (κ2) is 7.81. The molecule has 1 saturated heterocycles. The number of hydrogen-bond acceptors (Lipinski definition) is 4. The number of thioether (sulfide) groups is 1. The Kier molecular flexibility index (Phi) is 5.24. The van der Waals surface area contributed by atoms with Crippen LogP contribution in [-0.2, 0) is 4.79 Å². The van der Waals surface area contributed by atoms with Crippen LogP contribution in [0, 0.1) is 13.8 Å². The van der Waals surface area contributed by atoms with E-state index < -0.39 is 0 Å². The Bertz CT molecular complexity index is 1110. The molecule has 0 saturated carbocycles. The highest BCUT2D eigenvalue weighted by Crippen LogP contribution is 2.31. The maximum atomic E-state index is 12.3. The first-order valence-corrected chi connectivity index (χ1v) is 10.3. The lowest BCUT2D eigenvalue weighted by molar-refractivity contribution is -0.115. The fourth-order valence-corrected chi connectivity index (χ4v) is 3.85. The van der Waals surface area contributed by atoms with Gasteiger partial charge in [-0.3, -0.25) is 4.79 Å². The zero-order valence-electron chi connectivity index (χ0n) is 15.3. The molecule has 4 nitrogen and oxygen atoms in total. The number of aliphatic imine (C=N–C) groups is 1. The highest BCUT2D eigenvalue weighted by atomic mass is 79.9. The third kappa shape index (κ3) is 3.98. The summed E-state index contributed by atoms with van der Waals surface area (Å²) < 4.78 is 6.90.